The van der Waals surface area contributed by atoms with E-state index in [0.29, 0.717) is 71.8 Å². The molecule has 1 unspecified atom stereocenters. The van der Waals surface area contributed by atoms with Gasteiger partial charge in [0.25, 0.3) is 5.56 Å². The number of carbonyl (C=O) groups is 1. The first-order chi connectivity index (χ1) is 18.1. The average Bonchev–Trinajstić information content (AvgIpc) is 3.59. The van der Waals surface area contributed by atoms with Crippen molar-refractivity contribution < 1.29 is 32.5 Å². The summed E-state index contributed by atoms with van der Waals surface area (Å²) < 4.78 is 54.1. The van der Waals surface area contributed by atoms with Crippen molar-refractivity contribution in [2.75, 3.05) is 32.2 Å². The Labute approximate surface area is 216 Å². The van der Waals surface area contributed by atoms with Crippen LogP contribution in [-0.4, -0.2) is 48.2 Å². The van der Waals surface area contributed by atoms with E-state index in [1.807, 2.05) is 0 Å². The van der Waals surface area contributed by atoms with Gasteiger partial charge in [0, 0.05) is 36.0 Å². The maximum absolute atomic E-state index is 14.2. The number of halogens is 3. The second kappa shape index (κ2) is 9.70. The summed E-state index contributed by atoms with van der Waals surface area (Å²) in [5, 5.41) is 13.9. The van der Waals surface area contributed by atoms with Gasteiger partial charge in [-0.1, -0.05) is 0 Å². The van der Waals surface area contributed by atoms with Gasteiger partial charge < -0.3 is 19.5 Å². The van der Waals surface area contributed by atoms with E-state index < -0.39 is 34.9 Å². The van der Waals surface area contributed by atoms with Crippen LogP contribution in [0.5, 0.6) is 11.5 Å². The van der Waals surface area contributed by atoms with Crippen LogP contribution in [0, 0.1) is 5.92 Å². The van der Waals surface area contributed by atoms with Crippen LogP contribution in [0.25, 0.3) is 16.9 Å². The second-order valence-electron chi connectivity index (χ2n) is 9.45. The highest BCUT2D eigenvalue weighted by molar-refractivity contribution is 5.73. The van der Waals surface area contributed by atoms with Crippen molar-refractivity contribution >= 4 is 11.7 Å². The number of hydrogen-bond donors (Lipinski definition) is 1. The highest BCUT2D eigenvalue weighted by Gasteiger charge is 2.37. The van der Waals surface area contributed by atoms with Crippen molar-refractivity contribution in [3.63, 3.8) is 0 Å². The molecule has 1 aliphatic heterocycles. The molecule has 0 amide bonds. The standard InChI is InChI=1S/C27H26F3N3O5/c1-37-18-10-16(11-19(13-18)38-2)24-20-4-3-5-21(20)25(34)33(31-24)23-12-17(6-7-22(23)27(28,29)30)32-9-8-15(14-32)26(35)36/h6-7,10-13,15H,3-5,8-9,14H2,1-2H3,(H,35,36). The molecule has 3 aromatic rings. The number of rotatable bonds is 6. The van der Waals surface area contributed by atoms with Gasteiger partial charge in [0.1, 0.15) is 11.5 Å². The van der Waals surface area contributed by atoms with Crippen LogP contribution in [0.3, 0.4) is 0 Å². The monoisotopic (exact) mass is 529 g/mol. The van der Waals surface area contributed by atoms with Crippen molar-refractivity contribution in [3.8, 4) is 28.4 Å². The minimum absolute atomic E-state index is 0.168. The highest BCUT2D eigenvalue weighted by atomic mass is 19.4. The van der Waals surface area contributed by atoms with Crippen molar-refractivity contribution in [3.05, 3.63) is 63.4 Å². The van der Waals surface area contributed by atoms with Gasteiger partial charge in [-0.3, -0.25) is 9.59 Å². The molecule has 11 heteroatoms. The van der Waals surface area contributed by atoms with Gasteiger partial charge in [0.05, 0.1) is 37.1 Å². The molecule has 2 aromatic carbocycles. The van der Waals surface area contributed by atoms with Crippen molar-refractivity contribution in [1.29, 1.82) is 0 Å². The quantitative estimate of drug-likeness (QED) is 0.508. The number of aromatic nitrogens is 2. The van der Waals surface area contributed by atoms with Gasteiger partial charge >= 0.3 is 12.1 Å². The summed E-state index contributed by atoms with van der Waals surface area (Å²) >= 11 is 0. The summed E-state index contributed by atoms with van der Waals surface area (Å²) in [5.41, 5.74) is 0.486. The molecule has 8 nitrogen and oxygen atoms in total. The van der Waals surface area contributed by atoms with E-state index in [4.69, 9.17) is 9.47 Å². The zero-order chi connectivity index (χ0) is 27.2. The van der Waals surface area contributed by atoms with Crippen LogP contribution in [0.1, 0.15) is 29.5 Å². The third-order valence-electron chi connectivity index (χ3n) is 7.20. The van der Waals surface area contributed by atoms with Gasteiger partial charge in [-0.25, -0.2) is 0 Å². The SMILES string of the molecule is COc1cc(OC)cc(-c2nn(-c3cc(N4CCC(C(=O)O)C4)ccc3C(F)(F)F)c(=O)c3c2CCC3)c1. The van der Waals surface area contributed by atoms with Gasteiger partial charge in [-0.05, 0) is 61.6 Å². The number of ether oxygens (including phenoxy) is 2. The van der Waals surface area contributed by atoms with E-state index in [0.717, 1.165) is 10.7 Å². The van der Waals surface area contributed by atoms with E-state index in [9.17, 15) is 27.9 Å². The number of alkyl halides is 3. The molecule has 0 saturated carbocycles. The number of methoxy groups -OCH3 is 2. The number of aliphatic carboxylic acids is 1. The van der Waals surface area contributed by atoms with Gasteiger partial charge in [-0.2, -0.15) is 23.0 Å². The fraction of sp³-hybridized carbons (Fsp3) is 0.370. The molecule has 5 rings (SSSR count). The van der Waals surface area contributed by atoms with Crippen LogP contribution in [0.2, 0.25) is 0 Å². The van der Waals surface area contributed by atoms with Crippen LogP contribution in [0.4, 0.5) is 18.9 Å². The summed E-state index contributed by atoms with van der Waals surface area (Å²) in [5.74, 6) is -0.609. The Morgan fingerprint density at radius 3 is 2.34 bits per heavy atom. The molecule has 0 spiro atoms. The van der Waals surface area contributed by atoms with E-state index in [1.54, 1.807) is 23.1 Å². The molecule has 0 radical (unpaired) electrons. The molecular formula is C27H26F3N3O5. The number of carboxylic acids is 1. The number of fused-ring (bicyclic) bond motifs is 1. The van der Waals surface area contributed by atoms with Gasteiger partial charge in [0.2, 0.25) is 0 Å². The Balaban J connectivity index is 1.72. The molecule has 2 aliphatic rings. The number of hydrogen-bond acceptors (Lipinski definition) is 6. The summed E-state index contributed by atoms with van der Waals surface area (Å²) in [6.07, 6.45) is -2.69. The Kier molecular flexibility index (Phi) is 6.54. The molecule has 1 aromatic heterocycles. The molecular weight excluding hydrogens is 503 g/mol. The molecule has 200 valence electrons. The molecule has 1 aliphatic carbocycles. The van der Waals surface area contributed by atoms with Crippen molar-refractivity contribution in [1.82, 2.24) is 9.78 Å². The molecule has 2 heterocycles. The maximum atomic E-state index is 14.2. The largest absolute Gasteiger partial charge is 0.497 e. The van der Waals surface area contributed by atoms with E-state index in [-0.39, 0.29) is 6.54 Å². The minimum atomic E-state index is -4.75. The first-order valence-electron chi connectivity index (χ1n) is 12.2. The summed E-state index contributed by atoms with van der Waals surface area (Å²) in [4.78, 5) is 26.7. The Hall–Kier alpha value is -4.02. The fourth-order valence-corrected chi connectivity index (χ4v) is 5.24. The van der Waals surface area contributed by atoms with Gasteiger partial charge in [0.15, 0.2) is 0 Å². The summed E-state index contributed by atoms with van der Waals surface area (Å²) in [6, 6.07) is 8.59. The Bertz CT molecular complexity index is 1450. The average molecular weight is 530 g/mol. The molecule has 38 heavy (non-hydrogen) atoms. The predicted molar refractivity (Wildman–Crippen MR) is 133 cm³/mol. The van der Waals surface area contributed by atoms with Crippen LogP contribution >= 0.6 is 0 Å². The van der Waals surface area contributed by atoms with Crippen molar-refractivity contribution in [2.45, 2.75) is 31.9 Å². The van der Waals surface area contributed by atoms with E-state index in [1.165, 1.54) is 26.4 Å². The number of anilines is 1. The van der Waals surface area contributed by atoms with Crippen LogP contribution < -0.4 is 19.9 Å². The first kappa shape index (κ1) is 25.6. The first-order valence-corrected chi connectivity index (χ1v) is 12.2. The van der Waals surface area contributed by atoms with Crippen LogP contribution in [-0.2, 0) is 23.8 Å². The van der Waals surface area contributed by atoms with E-state index in [2.05, 4.69) is 5.10 Å². The number of benzene rings is 2. The Morgan fingerprint density at radius 1 is 1.05 bits per heavy atom. The zero-order valence-electron chi connectivity index (χ0n) is 20.8. The number of nitrogens with zero attached hydrogens (tertiary/aromatic N) is 3. The lowest BCUT2D eigenvalue weighted by Gasteiger charge is -2.22. The summed E-state index contributed by atoms with van der Waals surface area (Å²) in [7, 11) is 2.98. The minimum Gasteiger partial charge on any atom is -0.497 e. The normalized spacial score (nSPS) is 17.0. The topological polar surface area (TPSA) is 93.9 Å². The third kappa shape index (κ3) is 4.57. The smallest absolute Gasteiger partial charge is 0.418 e. The van der Waals surface area contributed by atoms with Gasteiger partial charge in [-0.15, -0.1) is 0 Å². The highest BCUT2D eigenvalue weighted by Crippen LogP contribution is 2.38. The van der Waals surface area contributed by atoms with Crippen molar-refractivity contribution in [2.24, 2.45) is 5.92 Å². The zero-order valence-corrected chi connectivity index (χ0v) is 20.8. The summed E-state index contributed by atoms with van der Waals surface area (Å²) in [6.45, 7) is 0.546. The molecule has 1 fully saturated rings. The number of carboxylic acid groups (broad SMARTS) is 1. The molecule has 1 saturated heterocycles. The molecule has 0 bridgehead atoms. The lowest BCUT2D eigenvalue weighted by molar-refractivity contribution is -0.141. The Morgan fingerprint density at radius 2 is 1.74 bits per heavy atom. The molecule has 1 atom stereocenters. The van der Waals surface area contributed by atoms with Crippen LogP contribution in [0.15, 0.2) is 41.2 Å². The third-order valence-corrected chi connectivity index (χ3v) is 7.20. The lowest BCUT2D eigenvalue weighted by atomic mass is 10.0. The lowest BCUT2D eigenvalue weighted by Crippen LogP contribution is -2.29. The molecule has 1 N–H and O–H groups in total. The second-order valence-corrected chi connectivity index (χ2v) is 9.45. The predicted octanol–water partition coefficient (Wildman–Crippen LogP) is 4.34. The maximum Gasteiger partial charge on any atom is 0.418 e. The van der Waals surface area contributed by atoms with E-state index >= 15 is 0 Å². The fourth-order valence-electron chi connectivity index (χ4n) is 5.24.